The molecule has 18 heavy (non-hydrogen) atoms. The lowest BCUT2D eigenvalue weighted by Crippen LogP contribution is -2.15. The van der Waals surface area contributed by atoms with Crippen molar-refractivity contribution in [2.75, 3.05) is 11.1 Å². The van der Waals surface area contributed by atoms with Gasteiger partial charge >= 0.3 is 0 Å². The average molecular weight is 248 g/mol. The summed E-state index contributed by atoms with van der Waals surface area (Å²) in [6.07, 6.45) is 0. The van der Waals surface area contributed by atoms with Crippen LogP contribution in [0.2, 0.25) is 0 Å². The zero-order chi connectivity index (χ0) is 13.1. The van der Waals surface area contributed by atoms with Crippen molar-refractivity contribution in [1.82, 2.24) is 0 Å². The summed E-state index contributed by atoms with van der Waals surface area (Å²) in [5.41, 5.74) is 4.93. The number of benzene rings is 2. The van der Waals surface area contributed by atoms with Crippen molar-refractivity contribution in [3.63, 3.8) is 0 Å². The number of rotatable bonds is 2. The van der Waals surface area contributed by atoms with Gasteiger partial charge in [-0.15, -0.1) is 0 Å². The number of anilines is 2. The maximum Gasteiger partial charge on any atom is 0.258 e. The number of hydrogen-bond donors (Lipinski definition) is 2. The number of para-hydroxylation sites is 1. The Morgan fingerprint density at radius 3 is 2.44 bits per heavy atom. The lowest BCUT2D eigenvalue weighted by atomic mass is 10.1. The highest BCUT2D eigenvalue weighted by molar-refractivity contribution is 6.05. The highest BCUT2D eigenvalue weighted by atomic mass is 19.1. The standard InChI is InChI=1S/C13H10F2N2O/c14-8-6-10(12(15)11(16)7-8)13(18)17-9-4-2-1-3-5-9/h1-7H,16H2,(H,17,18). The molecule has 5 heteroatoms. The molecule has 2 rings (SSSR count). The quantitative estimate of drug-likeness (QED) is 0.803. The van der Waals surface area contributed by atoms with Gasteiger partial charge < -0.3 is 11.1 Å². The molecule has 0 fully saturated rings. The Kier molecular flexibility index (Phi) is 3.23. The molecule has 3 nitrogen and oxygen atoms in total. The monoisotopic (exact) mass is 248 g/mol. The van der Waals surface area contributed by atoms with Crippen LogP contribution in [0.25, 0.3) is 0 Å². The summed E-state index contributed by atoms with van der Waals surface area (Å²) < 4.78 is 26.7. The van der Waals surface area contributed by atoms with Crippen LogP contribution in [0.15, 0.2) is 42.5 Å². The van der Waals surface area contributed by atoms with Crippen molar-refractivity contribution < 1.29 is 13.6 Å². The summed E-state index contributed by atoms with van der Waals surface area (Å²) in [6.45, 7) is 0. The number of nitrogens with one attached hydrogen (secondary N) is 1. The maximum atomic E-state index is 13.6. The van der Waals surface area contributed by atoms with Crippen LogP contribution in [-0.4, -0.2) is 5.91 Å². The molecule has 0 aromatic heterocycles. The fourth-order valence-corrected chi connectivity index (χ4v) is 1.50. The third-order valence-corrected chi connectivity index (χ3v) is 2.34. The third kappa shape index (κ3) is 2.45. The van der Waals surface area contributed by atoms with Gasteiger partial charge in [0, 0.05) is 5.69 Å². The van der Waals surface area contributed by atoms with Gasteiger partial charge in [-0.2, -0.15) is 0 Å². The molecule has 0 atom stereocenters. The van der Waals surface area contributed by atoms with Gasteiger partial charge in [0.1, 0.15) is 5.82 Å². The molecule has 1 amide bonds. The Hall–Kier alpha value is -2.43. The van der Waals surface area contributed by atoms with Gasteiger partial charge in [0.2, 0.25) is 0 Å². The number of hydrogen-bond acceptors (Lipinski definition) is 2. The molecule has 2 aromatic rings. The Balaban J connectivity index is 2.30. The van der Waals surface area contributed by atoms with Crippen LogP contribution in [0, 0.1) is 11.6 Å². The van der Waals surface area contributed by atoms with Crippen molar-refractivity contribution in [2.24, 2.45) is 0 Å². The van der Waals surface area contributed by atoms with Crippen LogP contribution < -0.4 is 11.1 Å². The van der Waals surface area contributed by atoms with Gasteiger partial charge in [-0.1, -0.05) is 18.2 Å². The van der Waals surface area contributed by atoms with Gasteiger partial charge in [0.25, 0.3) is 5.91 Å². The largest absolute Gasteiger partial charge is 0.396 e. The van der Waals surface area contributed by atoms with E-state index in [9.17, 15) is 13.6 Å². The van der Waals surface area contributed by atoms with Gasteiger partial charge in [0.05, 0.1) is 11.3 Å². The first-order chi connectivity index (χ1) is 8.58. The molecule has 0 aliphatic carbocycles. The van der Waals surface area contributed by atoms with Crippen LogP contribution in [0.3, 0.4) is 0 Å². The second kappa shape index (κ2) is 4.83. The molecular formula is C13H10F2N2O. The molecular weight excluding hydrogens is 238 g/mol. The molecule has 0 spiro atoms. The molecule has 0 bridgehead atoms. The predicted molar refractivity (Wildman–Crippen MR) is 65.2 cm³/mol. The predicted octanol–water partition coefficient (Wildman–Crippen LogP) is 2.80. The van der Waals surface area contributed by atoms with Crippen LogP contribution >= 0.6 is 0 Å². The van der Waals surface area contributed by atoms with Gasteiger partial charge in [-0.25, -0.2) is 8.78 Å². The fourth-order valence-electron chi connectivity index (χ4n) is 1.50. The first kappa shape index (κ1) is 12.0. The summed E-state index contributed by atoms with van der Waals surface area (Å²) in [6, 6.07) is 10.1. The van der Waals surface area contributed by atoms with Crippen molar-refractivity contribution in [3.05, 3.63) is 59.7 Å². The molecule has 0 heterocycles. The highest BCUT2D eigenvalue weighted by Crippen LogP contribution is 2.18. The third-order valence-electron chi connectivity index (χ3n) is 2.34. The number of nitrogens with two attached hydrogens (primary N) is 1. The molecule has 0 radical (unpaired) electrons. The fraction of sp³-hybridized carbons (Fsp3) is 0. The summed E-state index contributed by atoms with van der Waals surface area (Å²) in [5.74, 6) is -2.43. The van der Waals surface area contributed by atoms with Crippen molar-refractivity contribution in [3.8, 4) is 0 Å². The molecule has 0 saturated carbocycles. The Morgan fingerprint density at radius 2 is 1.78 bits per heavy atom. The van der Waals surface area contributed by atoms with E-state index in [1.165, 1.54) is 0 Å². The number of nitrogen functional groups attached to an aromatic ring is 1. The molecule has 0 aliphatic rings. The molecule has 92 valence electrons. The average Bonchev–Trinajstić information content (AvgIpc) is 2.35. The van der Waals surface area contributed by atoms with E-state index in [1.54, 1.807) is 30.3 Å². The van der Waals surface area contributed by atoms with E-state index in [0.717, 1.165) is 12.1 Å². The van der Waals surface area contributed by atoms with E-state index < -0.39 is 28.8 Å². The molecule has 0 unspecified atom stereocenters. The summed E-state index contributed by atoms with van der Waals surface area (Å²) in [4.78, 5) is 11.8. The smallest absolute Gasteiger partial charge is 0.258 e. The van der Waals surface area contributed by atoms with Crippen LogP contribution in [0.1, 0.15) is 10.4 Å². The minimum atomic E-state index is -0.926. The van der Waals surface area contributed by atoms with E-state index in [2.05, 4.69) is 5.32 Å². The minimum absolute atomic E-state index is 0.395. The summed E-state index contributed by atoms with van der Waals surface area (Å²) in [5, 5.41) is 2.45. The summed E-state index contributed by atoms with van der Waals surface area (Å²) in [7, 11) is 0. The van der Waals surface area contributed by atoms with Crippen molar-refractivity contribution in [1.29, 1.82) is 0 Å². The molecule has 0 aliphatic heterocycles. The lowest BCUT2D eigenvalue weighted by Gasteiger charge is -2.07. The topological polar surface area (TPSA) is 55.1 Å². The lowest BCUT2D eigenvalue weighted by molar-refractivity contribution is 0.102. The zero-order valence-corrected chi connectivity index (χ0v) is 9.28. The van der Waals surface area contributed by atoms with Crippen molar-refractivity contribution >= 4 is 17.3 Å². The van der Waals surface area contributed by atoms with E-state index in [-0.39, 0.29) is 0 Å². The number of amides is 1. The number of carbonyl (C=O) groups excluding carboxylic acids is 1. The zero-order valence-electron chi connectivity index (χ0n) is 9.28. The van der Waals surface area contributed by atoms with Gasteiger partial charge in [-0.05, 0) is 24.3 Å². The Labute approximate surface area is 102 Å². The van der Waals surface area contributed by atoms with E-state index in [4.69, 9.17) is 5.73 Å². The first-order valence-electron chi connectivity index (χ1n) is 5.19. The first-order valence-corrected chi connectivity index (χ1v) is 5.19. The van der Waals surface area contributed by atoms with Crippen LogP contribution in [-0.2, 0) is 0 Å². The SMILES string of the molecule is Nc1cc(F)cc(C(=O)Nc2ccccc2)c1F. The number of carbonyl (C=O) groups is 1. The van der Waals surface area contributed by atoms with Crippen molar-refractivity contribution in [2.45, 2.75) is 0 Å². The summed E-state index contributed by atoms with van der Waals surface area (Å²) >= 11 is 0. The molecule has 2 aromatic carbocycles. The minimum Gasteiger partial charge on any atom is -0.396 e. The number of halogens is 2. The Morgan fingerprint density at radius 1 is 1.11 bits per heavy atom. The Bertz CT molecular complexity index is 585. The molecule has 0 saturated heterocycles. The highest BCUT2D eigenvalue weighted by Gasteiger charge is 2.16. The van der Waals surface area contributed by atoms with Crippen LogP contribution in [0.4, 0.5) is 20.2 Å². The maximum absolute atomic E-state index is 13.6. The van der Waals surface area contributed by atoms with Crippen LogP contribution in [0.5, 0.6) is 0 Å². The van der Waals surface area contributed by atoms with Gasteiger partial charge in [-0.3, -0.25) is 4.79 Å². The van der Waals surface area contributed by atoms with E-state index in [0.29, 0.717) is 5.69 Å². The second-order valence-electron chi connectivity index (χ2n) is 3.68. The molecule has 3 N–H and O–H groups in total. The van der Waals surface area contributed by atoms with Gasteiger partial charge in [0.15, 0.2) is 5.82 Å². The second-order valence-corrected chi connectivity index (χ2v) is 3.68. The normalized spacial score (nSPS) is 10.1. The van der Waals surface area contributed by atoms with E-state index in [1.807, 2.05) is 0 Å². The van der Waals surface area contributed by atoms with E-state index >= 15 is 0 Å².